The Labute approximate surface area is 135 Å². The standard InChI is InChI=1S/C18H20FN3O/c1-12-6-4-11-22(13(12)2)18(23)14-7-3-8-15(19)16(14)17-20-9-5-10-21-17/h3,5,7-10,12-13H,4,6,11H2,1-2H3/t12-,13-/m1/s1. The van der Waals surface area contributed by atoms with Crippen LogP contribution in [-0.2, 0) is 0 Å². The van der Waals surface area contributed by atoms with Crippen LogP contribution in [0, 0.1) is 11.7 Å². The van der Waals surface area contributed by atoms with Crippen LogP contribution >= 0.6 is 0 Å². The van der Waals surface area contributed by atoms with Gasteiger partial charge in [0.1, 0.15) is 5.82 Å². The van der Waals surface area contributed by atoms with Gasteiger partial charge in [0.15, 0.2) is 5.82 Å². The van der Waals surface area contributed by atoms with Crippen molar-refractivity contribution in [3.63, 3.8) is 0 Å². The largest absolute Gasteiger partial charge is 0.336 e. The number of piperidine rings is 1. The van der Waals surface area contributed by atoms with E-state index in [4.69, 9.17) is 0 Å². The van der Waals surface area contributed by atoms with Crippen LogP contribution < -0.4 is 0 Å². The molecule has 1 amide bonds. The minimum absolute atomic E-state index is 0.143. The highest BCUT2D eigenvalue weighted by Gasteiger charge is 2.31. The van der Waals surface area contributed by atoms with Gasteiger partial charge in [-0.3, -0.25) is 4.79 Å². The molecule has 2 atom stereocenters. The molecule has 0 bridgehead atoms. The van der Waals surface area contributed by atoms with E-state index < -0.39 is 5.82 Å². The number of nitrogens with zero attached hydrogens (tertiary/aromatic N) is 3. The monoisotopic (exact) mass is 313 g/mol. The zero-order chi connectivity index (χ0) is 16.4. The third kappa shape index (κ3) is 2.96. The number of likely N-dealkylation sites (tertiary alicyclic amines) is 1. The molecule has 1 aromatic heterocycles. The van der Waals surface area contributed by atoms with Gasteiger partial charge in [-0.05, 0) is 43.9 Å². The van der Waals surface area contributed by atoms with E-state index in [9.17, 15) is 9.18 Å². The average Bonchev–Trinajstić information content (AvgIpc) is 2.57. The van der Waals surface area contributed by atoms with E-state index in [2.05, 4.69) is 23.8 Å². The van der Waals surface area contributed by atoms with Crippen molar-refractivity contribution in [2.75, 3.05) is 6.54 Å². The summed E-state index contributed by atoms with van der Waals surface area (Å²) in [5, 5.41) is 0. The van der Waals surface area contributed by atoms with E-state index in [-0.39, 0.29) is 23.3 Å². The van der Waals surface area contributed by atoms with Crippen molar-refractivity contribution >= 4 is 5.91 Å². The number of aromatic nitrogens is 2. The molecule has 1 aliphatic rings. The molecule has 0 aliphatic carbocycles. The van der Waals surface area contributed by atoms with Gasteiger partial charge in [-0.15, -0.1) is 0 Å². The van der Waals surface area contributed by atoms with Crippen LogP contribution in [0.4, 0.5) is 4.39 Å². The molecule has 23 heavy (non-hydrogen) atoms. The van der Waals surface area contributed by atoms with Crippen LogP contribution in [-0.4, -0.2) is 33.4 Å². The van der Waals surface area contributed by atoms with Crippen molar-refractivity contribution < 1.29 is 9.18 Å². The molecule has 0 radical (unpaired) electrons. The van der Waals surface area contributed by atoms with Gasteiger partial charge in [-0.1, -0.05) is 13.0 Å². The Morgan fingerprint density at radius 3 is 2.70 bits per heavy atom. The first-order valence-electron chi connectivity index (χ1n) is 7.96. The average molecular weight is 313 g/mol. The molecule has 120 valence electrons. The second kappa shape index (κ2) is 6.44. The van der Waals surface area contributed by atoms with E-state index in [1.165, 1.54) is 6.07 Å². The third-order valence-electron chi connectivity index (χ3n) is 4.67. The minimum atomic E-state index is -0.472. The van der Waals surface area contributed by atoms with E-state index in [1.54, 1.807) is 30.6 Å². The first-order chi connectivity index (χ1) is 11.1. The van der Waals surface area contributed by atoms with Crippen molar-refractivity contribution in [3.05, 3.63) is 48.0 Å². The smallest absolute Gasteiger partial charge is 0.254 e. The van der Waals surface area contributed by atoms with Crippen molar-refractivity contribution in [2.45, 2.75) is 32.7 Å². The molecule has 5 heteroatoms. The molecule has 1 aliphatic heterocycles. The zero-order valence-corrected chi connectivity index (χ0v) is 13.4. The molecule has 0 saturated carbocycles. The summed E-state index contributed by atoms with van der Waals surface area (Å²) >= 11 is 0. The van der Waals surface area contributed by atoms with E-state index in [0.29, 0.717) is 18.0 Å². The van der Waals surface area contributed by atoms with Gasteiger partial charge in [-0.2, -0.15) is 0 Å². The molecule has 2 heterocycles. The second-order valence-electron chi connectivity index (χ2n) is 6.09. The van der Waals surface area contributed by atoms with Gasteiger partial charge < -0.3 is 4.90 Å². The first kappa shape index (κ1) is 15.6. The number of rotatable bonds is 2. The number of hydrogen-bond acceptors (Lipinski definition) is 3. The van der Waals surface area contributed by atoms with Gasteiger partial charge in [0.25, 0.3) is 5.91 Å². The molecular formula is C18H20FN3O. The predicted octanol–water partition coefficient (Wildman–Crippen LogP) is 3.54. The summed E-state index contributed by atoms with van der Waals surface area (Å²) in [5.41, 5.74) is 0.515. The van der Waals surface area contributed by atoms with Gasteiger partial charge in [0.05, 0.1) is 11.1 Å². The summed E-state index contributed by atoms with van der Waals surface area (Å²) in [6, 6.07) is 6.37. The Morgan fingerprint density at radius 2 is 1.96 bits per heavy atom. The quantitative estimate of drug-likeness (QED) is 0.852. The van der Waals surface area contributed by atoms with Crippen LogP contribution in [0.5, 0.6) is 0 Å². The molecule has 0 N–H and O–H groups in total. The normalized spacial score (nSPS) is 21.3. The number of halogens is 1. The topological polar surface area (TPSA) is 46.1 Å². The molecule has 4 nitrogen and oxygen atoms in total. The lowest BCUT2D eigenvalue weighted by Gasteiger charge is -2.38. The highest BCUT2D eigenvalue weighted by atomic mass is 19.1. The van der Waals surface area contributed by atoms with Crippen molar-refractivity contribution in [1.82, 2.24) is 14.9 Å². The number of carbonyl (C=O) groups is 1. The van der Waals surface area contributed by atoms with E-state index in [0.717, 1.165) is 12.8 Å². The number of benzene rings is 1. The molecule has 1 saturated heterocycles. The molecule has 0 unspecified atom stereocenters. The fraction of sp³-hybridized carbons (Fsp3) is 0.389. The summed E-state index contributed by atoms with van der Waals surface area (Å²) in [4.78, 5) is 23.1. The molecular weight excluding hydrogens is 293 g/mol. The summed E-state index contributed by atoms with van der Waals surface area (Å²) in [6.45, 7) is 4.91. The fourth-order valence-electron chi connectivity index (χ4n) is 3.13. The zero-order valence-electron chi connectivity index (χ0n) is 13.4. The summed E-state index contributed by atoms with van der Waals surface area (Å²) in [7, 11) is 0. The summed E-state index contributed by atoms with van der Waals surface area (Å²) in [6.07, 6.45) is 5.19. The first-order valence-corrected chi connectivity index (χ1v) is 7.96. The molecule has 2 aromatic rings. The SMILES string of the molecule is C[C@@H]1CCCN(C(=O)c2cccc(F)c2-c2ncccn2)[C@@H]1C. The van der Waals surface area contributed by atoms with Gasteiger partial charge >= 0.3 is 0 Å². The molecule has 3 rings (SSSR count). The fourth-order valence-corrected chi connectivity index (χ4v) is 3.13. The Balaban J connectivity index is 2.03. The van der Waals surface area contributed by atoms with Crippen LogP contribution in [0.15, 0.2) is 36.7 Å². The van der Waals surface area contributed by atoms with Gasteiger partial charge in [0, 0.05) is 25.0 Å². The van der Waals surface area contributed by atoms with Crippen LogP contribution in [0.25, 0.3) is 11.4 Å². The van der Waals surface area contributed by atoms with E-state index in [1.807, 2.05) is 4.90 Å². The molecule has 1 aromatic carbocycles. The third-order valence-corrected chi connectivity index (χ3v) is 4.67. The van der Waals surface area contributed by atoms with Crippen molar-refractivity contribution in [2.24, 2.45) is 5.92 Å². The Bertz CT molecular complexity index is 705. The summed E-state index contributed by atoms with van der Waals surface area (Å²) in [5.74, 6) is 0.0649. The lowest BCUT2D eigenvalue weighted by molar-refractivity contribution is 0.0551. The molecule has 0 spiro atoms. The maximum atomic E-state index is 14.4. The minimum Gasteiger partial charge on any atom is -0.336 e. The Hall–Kier alpha value is -2.30. The van der Waals surface area contributed by atoms with Gasteiger partial charge in [-0.25, -0.2) is 14.4 Å². The lowest BCUT2D eigenvalue weighted by Crippen LogP contribution is -2.46. The number of carbonyl (C=O) groups excluding carboxylic acids is 1. The van der Waals surface area contributed by atoms with Gasteiger partial charge in [0.2, 0.25) is 0 Å². The maximum absolute atomic E-state index is 14.4. The van der Waals surface area contributed by atoms with Crippen LogP contribution in [0.2, 0.25) is 0 Å². The van der Waals surface area contributed by atoms with Crippen molar-refractivity contribution in [3.8, 4) is 11.4 Å². The Kier molecular flexibility index (Phi) is 4.37. The highest BCUT2D eigenvalue weighted by molar-refractivity contribution is 6.00. The van der Waals surface area contributed by atoms with Crippen LogP contribution in [0.1, 0.15) is 37.0 Å². The van der Waals surface area contributed by atoms with E-state index >= 15 is 0 Å². The lowest BCUT2D eigenvalue weighted by atomic mass is 9.91. The predicted molar refractivity (Wildman–Crippen MR) is 86.3 cm³/mol. The van der Waals surface area contributed by atoms with Crippen molar-refractivity contribution in [1.29, 1.82) is 0 Å². The second-order valence-corrected chi connectivity index (χ2v) is 6.09. The maximum Gasteiger partial charge on any atom is 0.254 e. The number of amides is 1. The number of hydrogen-bond donors (Lipinski definition) is 0. The van der Waals surface area contributed by atoms with Crippen LogP contribution in [0.3, 0.4) is 0 Å². The highest BCUT2D eigenvalue weighted by Crippen LogP contribution is 2.29. The molecule has 1 fully saturated rings. The Morgan fingerprint density at radius 1 is 1.22 bits per heavy atom. The summed E-state index contributed by atoms with van der Waals surface area (Å²) < 4.78 is 14.4.